The van der Waals surface area contributed by atoms with E-state index in [-0.39, 0.29) is 29.0 Å². The van der Waals surface area contributed by atoms with Crippen LogP contribution in [0.15, 0.2) is 24.3 Å². The maximum atomic E-state index is 13.0. The fraction of sp³-hybridized carbons (Fsp3) is 0.526. The molecule has 2 saturated heterocycles. The maximum Gasteiger partial charge on any atom is 0.409 e. The van der Waals surface area contributed by atoms with E-state index in [2.05, 4.69) is 5.32 Å². The van der Waals surface area contributed by atoms with Crippen LogP contribution in [-0.4, -0.2) is 77.5 Å². The van der Waals surface area contributed by atoms with Gasteiger partial charge in [0.1, 0.15) is 11.9 Å². The number of thioether (sulfide) groups is 1. The van der Waals surface area contributed by atoms with Crippen molar-refractivity contribution >= 4 is 29.7 Å². The summed E-state index contributed by atoms with van der Waals surface area (Å²) in [4.78, 5) is 40.2. The zero-order chi connectivity index (χ0) is 20.1. The molecule has 0 aromatic heterocycles. The molecule has 2 heterocycles. The van der Waals surface area contributed by atoms with Gasteiger partial charge in [-0.3, -0.25) is 9.59 Å². The monoisotopic (exact) mass is 409 g/mol. The van der Waals surface area contributed by atoms with E-state index in [1.807, 2.05) is 0 Å². The second kappa shape index (κ2) is 9.27. The molecule has 2 unspecified atom stereocenters. The van der Waals surface area contributed by atoms with Gasteiger partial charge < -0.3 is 19.9 Å². The number of hydrogen-bond acceptors (Lipinski definition) is 5. The summed E-state index contributed by atoms with van der Waals surface area (Å²) in [5, 5.41) is 2.52. The van der Waals surface area contributed by atoms with E-state index in [9.17, 15) is 18.8 Å². The molecule has 0 bridgehead atoms. The van der Waals surface area contributed by atoms with Crippen molar-refractivity contribution in [2.45, 2.75) is 24.6 Å². The molecule has 9 heteroatoms. The fourth-order valence-electron chi connectivity index (χ4n) is 3.26. The number of carbonyl (C=O) groups excluding carboxylic acids is 3. The lowest BCUT2D eigenvalue weighted by Crippen LogP contribution is -2.59. The number of piperazine rings is 1. The molecule has 7 nitrogen and oxygen atoms in total. The molecule has 0 radical (unpaired) electrons. The Morgan fingerprint density at radius 2 is 1.82 bits per heavy atom. The summed E-state index contributed by atoms with van der Waals surface area (Å²) in [5.74, 6) is -0.110. The number of nitrogens with zero attached hydrogens (tertiary/aromatic N) is 2. The molecular formula is C19H24FN3O4S. The van der Waals surface area contributed by atoms with E-state index in [1.54, 1.807) is 28.9 Å². The molecule has 2 atom stereocenters. The van der Waals surface area contributed by atoms with Crippen LogP contribution in [-0.2, 0) is 20.7 Å². The van der Waals surface area contributed by atoms with Crippen LogP contribution in [0.5, 0.6) is 0 Å². The largest absolute Gasteiger partial charge is 0.450 e. The molecule has 0 spiro atoms. The minimum atomic E-state index is -0.559. The van der Waals surface area contributed by atoms with Gasteiger partial charge in [-0.15, -0.1) is 11.8 Å². The van der Waals surface area contributed by atoms with Crippen molar-refractivity contribution in [1.29, 1.82) is 0 Å². The van der Waals surface area contributed by atoms with Crippen LogP contribution in [0.25, 0.3) is 0 Å². The highest BCUT2D eigenvalue weighted by molar-refractivity contribution is 8.00. The van der Waals surface area contributed by atoms with Gasteiger partial charge >= 0.3 is 6.09 Å². The first-order valence-corrected chi connectivity index (χ1v) is 10.4. The third-order valence-corrected chi connectivity index (χ3v) is 6.13. The summed E-state index contributed by atoms with van der Waals surface area (Å²) < 4.78 is 18.0. The summed E-state index contributed by atoms with van der Waals surface area (Å²) in [6.45, 7) is 3.77. The number of rotatable bonds is 4. The Labute approximate surface area is 167 Å². The third kappa shape index (κ3) is 4.95. The molecule has 2 aliphatic rings. The summed E-state index contributed by atoms with van der Waals surface area (Å²) in [6, 6.07) is 5.54. The first-order valence-electron chi connectivity index (χ1n) is 9.35. The van der Waals surface area contributed by atoms with Gasteiger partial charge in [-0.1, -0.05) is 12.1 Å². The summed E-state index contributed by atoms with van der Waals surface area (Å²) in [5.41, 5.74) is 0.883. The van der Waals surface area contributed by atoms with Crippen LogP contribution >= 0.6 is 11.8 Å². The maximum absolute atomic E-state index is 13.0. The average molecular weight is 409 g/mol. The van der Waals surface area contributed by atoms with Crippen LogP contribution < -0.4 is 5.32 Å². The zero-order valence-electron chi connectivity index (χ0n) is 15.7. The van der Waals surface area contributed by atoms with E-state index in [0.29, 0.717) is 45.0 Å². The van der Waals surface area contributed by atoms with Gasteiger partial charge in [0.25, 0.3) is 0 Å². The SMILES string of the molecule is CCOC(=O)N1CCN(C(=O)C2CSC(Cc3ccc(F)cc3)C(=O)N2)CC1. The molecule has 0 aliphatic carbocycles. The van der Waals surface area contributed by atoms with Crippen molar-refractivity contribution in [3.8, 4) is 0 Å². The fourth-order valence-corrected chi connectivity index (χ4v) is 4.44. The number of benzene rings is 1. The second-order valence-electron chi connectivity index (χ2n) is 6.72. The summed E-state index contributed by atoms with van der Waals surface area (Å²) in [6.07, 6.45) is 0.135. The normalized spacial score (nSPS) is 22.6. The molecule has 2 aliphatic heterocycles. The molecule has 1 aromatic rings. The molecular weight excluding hydrogens is 385 g/mol. The number of amides is 3. The quantitative estimate of drug-likeness (QED) is 0.810. The number of halogens is 1. The summed E-state index contributed by atoms with van der Waals surface area (Å²) >= 11 is 1.44. The van der Waals surface area contributed by atoms with Gasteiger partial charge in [-0.2, -0.15) is 0 Å². The van der Waals surface area contributed by atoms with Crippen molar-refractivity contribution < 1.29 is 23.5 Å². The summed E-state index contributed by atoms with van der Waals surface area (Å²) in [7, 11) is 0. The van der Waals surface area contributed by atoms with Gasteiger partial charge in [0.2, 0.25) is 11.8 Å². The Morgan fingerprint density at radius 3 is 2.43 bits per heavy atom. The Hall–Kier alpha value is -2.29. The lowest BCUT2D eigenvalue weighted by molar-refractivity contribution is -0.137. The number of carbonyl (C=O) groups is 3. The van der Waals surface area contributed by atoms with Gasteiger partial charge in [-0.05, 0) is 31.0 Å². The van der Waals surface area contributed by atoms with Gasteiger partial charge in [0.05, 0.1) is 11.9 Å². The van der Waals surface area contributed by atoms with Crippen LogP contribution in [0.1, 0.15) is 12.5 Å². The second-order valence-corrected chi connectivity index (χ2v) is 7.96. The van der Waals surface area contributed by atoms with Crippen molar-refractivity contribution in [2.75, 3.05) is 38.5 Å². The Bertz CT molecular complexity index is 722. The van der Waals surface area contributed by atoms with E-state index in [1.165, 1.54) is 23.9 Å². The smallest absolute Gasteiger partial charge is 0.409 e. The number of ether oxygens (including phenoxy) is 1. The topological polar surface area (TPSA) is 79.0 Å². The van der Waals surface area contributed by atoms with Crippen LogP contribution in [0.3, 0.4) is 0 Å². The van der Waals surface area contributed by atoms with Crippen molar-refractivity contribution in [1.82, 2.24) is 15.1 Å². The first-order chi connectivity index (χ1) is 13.5. The van der Waals surface area contributed by atoms with E-state index < -0.39 is 6.04 Å². The van der Waals surface area contributed by atoms with E-state index in [4.69, 9.17) is 4.74 Å². The van der Waals surface area contributed by atoms with Crippen molar-refractivity contribution in [2.24, 2.45) is 0 Å². The van der Waals surface area contributed by atoms with E-state index in [0.717, 1.165) is 5.56 Å². The molecule has 28 heavy (non-hydrogen) atoms. The molecule has 3 rings (SSSR count). The minimum absolute atomic E-state index is 0.121. The highest BCUT2D eigenvalue weighted by Crippen LogP contribution is 2.23. The van der Waals surface area contributed by atoms with Crippen LogP contribution in [0.4, 0.5) is 9.18 Å². The predicted molar refractivity (Wildman–Crippen MR) is 103 cm³/mol. The standard InChI is InChI=1S/C19H24FN3O4S/c1-2-27-19(26)23-9-7-22(8-10-23)18(25)15-12-28-16(17(24)21-15)11-13-3-5-14(20)6-4-13/h3-6,15-16H,2,7-12H2,1H3,(H,21,24). The highest BCUT2D eigenvalue weighted by atomic mass is 32.2. The Morgan fingerprint density at radius 1 is 1.18 bits per heavy atom. The van der Waals surface area contributed by atoms with Gasteiger partial charge in [0, 0.05) is 31.9 Å². The third-order valence-electron chi connectivity index (χ3n) is 4.82. The van der Waals surface area contributed by atoms with E-state index >= 15 is 0 Å². The predicted octanol–water partition coefficient (Wildman–Crippen LogP) is 1.27. The van der Waals surface area contributed by atoms with Crippen molar-refractivity contribution in [3.05, 3.63) is 35.6 Å². The average Bonchev–Trinajstić information content (AvgIpc) is 2.71. The first kappa shape index (κ1) is 20.4. The molecule has 1 N–H and O–H groups in total. The minimum Gasteiger partial charge on any atom is -0.450 e. The molecule has 3 amide bonds. The lowest BCUT2D eigenvalue weighted by Gasteiger charge is -2.37. The van der Waals surface area contributed by atoms with Crippen LogP contribution in [0.2, 0.25) is 0 Å². The van der Waals surface area contributed by atoms with Crippen molar-refractivity contribution in [3.63, 3.8) is 0 Å². The number of hydrogen-bond donors (Lipinski definition) is 1. The molecule has 1 aromatic carbocycles. The highest BCUT2D eigenvalue weighted by Gasteiger charge is 2.35. The molecule has 0 saturated carbocycles. The Kier molecular flexibility index (Phi) is 6.77. The van der Waals surface area contributed by atoms with Gasteiger partial charge in [-0.25, -0.2) is 9.18 Å². The number of nitrogens with one attached hydrogen (secondary N) is 1. The lowest BCUT2D eigenvalue weighted by atomic mass is 10.1. The molecule has 2 fully saturated rings. The van der Waals surface area contributed by atoms with Gasteiger partial charge in [0.15, 0.2) is 0 Å². The molecule has 152 valence electrons. The Balaban J connectivity index is 1.48. The zero-order valence-corrected chi connectivity index (χ0v) is 16.5. The van der Waals surface area contributed by atoms with Crippen LogP contribution in [0, 0.1) is 5.82 Å².